The fourth-order valence-electron chi connectivity index (χ4n) is 2.08. The second-order valence-corrected chi connectivity index (χ2v) is 5.42. The summed E-state index contributed by atoms with van der Waals surface area (Å²) in [5.41, 5.74) is 0.135. The summed E-state index contributed by atoms with van der Waals surface area (Å²) in [5, 5.41) is 5.94. The summed E-state index contributed by atoms with van der Waals surface area (Å²) in [5.74, 6) is -0.0679. The van der Waals surface area contributed by atoms with Crippen LogP contribution in [0.5, 0.6) is 0 Å². The van der Waals surface area contributed by atoms with Gasteiger partial charge in [-0.1, -0.05) is 0 Å². The molecular formula is C12H17BrClN3O2. The highest BCUT2D eigenvalue weighted by atomic mass is 79.9. The summed E-state index contributed by atoms with van der Waals surface area (Å²) in [6.45, 7) is 1.71. The van der Waals surface area contributed by atoms with Crippen LogP contribution in [0.25, 0.3) is 0 Å². The van der Waals surface area contributed by atoms with Gasteiger partial charge in [-0.25, -0.2) is 0 Å². The van der Waals surface area contributed by atoms with E-state index >= 15 is 0 Å². The maximum Gasteiger partial charge on any atom is 0.274 e. The molecule has 0 aromatic carbocycles. The molecule has 0 aliphatic carbocycles. The third kappa shape index (κ3) is 4.06. The Morgan fingerprint density at radius 2 is 2.11 bits per heavy atom. The van der Waals surface area contributed by atoms with E-state index in [1.54, 1.807) is 19.3 Å². The number of nitrogens with one attached hydrogen (secondary N) is 2. The molecule has 19 heavy (non-hydrogen) atoms. The molecule has 1 aromatic heterocycles. The van der Waals surface area contributed by atoms with Crippen molar-refractivity contribution in [1.29, 1.82) is 0 Å². The lowest BCUT2D eigenvalue weighted by Gasteiger charge is -2.21. The highest BCUT2D eigenvalue weighted by Gasteiger charge is 2.21. The number of aromatic nitrogens is 1. The Bertz CT molecular complexity index is 512. The number of carbonyl (C=O) groups excluding carboxylic acids is 1. The lowest BCUT2D eigenvalue weighted by Crippen LogP contribution is -2.36. The Hall–Kier alpha value is -0.850. The molecule has 0 bridgehead atoms. The van der Waals surface area contributed by atoms with Crippen LogP contribution < -0.4 is 16.2 Å². The van der Waals surface area contributed by atoms with Gasteiger partial charge in [0.25, 0.3) is 5.56 Å². The summed E-state index contributed by atoms with van der Waals surface area (Å²) in [4.78, 5) is 23.9. The smallest absolute Gasteiger partial charge is 0.274 e. The number of rotatable bonds is 2. The van der Waals surface area contributed by atoms with Crippen LogP contribution in [0.1, 0.15) is 12.8 Å². The van der Waals surface area contributed by atoms with Gasteiger partial charge in [0.2, 0.25) is 5.91 Å². The second kappa shape index (κ2) is 7.07. The molecule has 1 aromatic rings. The largest absolute Gasteiger partial charge is 0.321 e. The summed E-state index contributed by atoms with van der Waals surface area (Å²) in [6.07, 6.45) is 3.31. The van der Waals surface area contributed by atoms with Crippen LogP contribution in [0.2, 0.25) is 0 Å². The van der Waals surface area contributed by atoms with Crippen molar-refractivity contribution in [2.75, 3.05) is 18.4 Å². The monoisotopic (exact) mass is 349 g/mol. The van der Waals surface area contributed by atoms with Crippen molar-refractivity contribution in [3.63, 3.8) is 0 Å². The molecule has 1 fully saturated rings. The van der Waals surface area contributed by atoms with Gasteiger partial charge in [-0.05, 0) is 47.9 Å². The van der Waals surface area contributed by atoms with E-state index in [0.717, 1.165) is 30.4 Å². The van der Waals surface area contributed by atoms with Crippen LogP contribution in [0.15, 0.2) is 21.5 Å². The Labute approximate surface area is 126 Å². The molecule has 2 rings (SSSR count). The molecule has 106 valence electrons. The zero-order valence-electron chi connectivity index (χ0n) is 10.6. The average Bonchev–Trinajstić information content (AvgIpc) is 2.36. The van der Waals surface area contributed by atoms with Crippen LogP contribution in [0.3, 0.4) is 0 Å². The summed E-state index contributed by atoms with van der Waals surface area (Å²) >= 11 is 3.31. The first-order valence-corrected chi connectivity index (χ1v) is 6.75. The maximum atomic E-state index is 12.0. The third-order valence-corrected chi connectivity index (χ3v) is 3.55. The summed E-state index contributed by atoms with van der Waals surface area (Å²) in [6, 6.07) is 1.64. The molecule has 0 radical (unpaired) electrons. The van der Waals surface area contributed by atoms with Crippen molar-refractivity contribution in [3.8, 4) is 0 Å². The predicted octanol–water partition coefficient (Wildman–Crippen LogP) is 1.51. The normalized spacial score (nSPS) is 15.7. The van der Waals surface area contributed by atoms with Gasteiger partial charge in [0.15, 0.2) is 0 Å². The molecule has 5 nitrogen and oxygen atoms in total. The van der Waals surface area contributed by atoms with Crippen molar-refractivity contribution in [2.24, 2.45) is 13.0 Å². The number of nitrogens with zero attached hydrogens (tertiary/aromatic N) is 1. The van der Waals surface area contributed by atoms with E-state index in [-0.39, 0.29) is 29.8 Å². The van der Waals surface area contributed by atoms with Crippen LogP contribution in [0, 0.1) is 5.92 Å². The summed E-state index contributed by atoms with van der Waals surface area (Å²) in [7, 11) is 1.66. The van der Waals surface area contributed by atoms with E-state index in [1.165, 1.54) is 4.57 Å². The summed E-state index contributed by atoms with van der Waals surface area (Å²) < 4.78 is 2.22. The van der Waals surface area contributed by atoms with Gasteiger partial charge >= 0.3 is 0 Å². The van der Waals surface area contributed by atoms with Gasteiger partial charge in [-0.15, -0.1) is 12.4 Å². The van der Waals surface area contributed by atoms with Gasteiger partial charge in [-0.2, -0.15) is 0 Å². The Morgan fingerprint density at radius 1 is 1.47 bits per heavy atom. The lowest BCUT2D eigenvalue weighted by atomic mass is 9.97. The highest BCUT2D eigenvalue weighted by Crippen LogP contribution is 2.16. The van der Waals surface area contributed by atoms with Gasteiger partial charge < -0.3 is 15.2 Å². The molecule has 7 heteroatoms. The van der Waals surface area contributed by atoms with Gasteiger partial charge in [0, 0.05) is 23.6 Å². The van der Waals surface area contributed by atoms with E-state index < -0.39 is 0 Å². The number of aryl methyl sites for hydroxylation is 1. The number of piperidine rings is 1. The number of hydrogen-bond acceptors (Lipinski definition) is 3. The van der Waals surface area contributed by atoms with E-state index in [9.17, 15) is 9.59 Å². The first-order chi connectivity index (χ1) is 8.58. The van der Waals surface area contributed by atoms with Gasteiger partial charge in [-0.3, -0.25) is 9.59 Å². The average molecular weight is 351 g/mol. The molecular weight excluding hydrogens is 334 g/mol. The van der Waals surface area contributed by atoms with Crippen LogP contribution in [-0.2, 0) is 11.8 Å². The molecule has 1 aliphatic heterocycles. The van der Waals surface area contributed by atoms with Gasteiger partial charge in [0.1, 0.15) is 5.69 Å². The molecule has 2 heterocycles. The first-order valence-electron chi connectivity index (χ1n) is 5.95. The molecule has 1 saturated heterocycles. The molecule has 1 amide bonds. The molecule has 0 spiro atoms. The Kier molecular flexibility index (Phi) is 6.03. The lowest BCUT2D eigenvalue weighted by molar-refractivity contribution is -0.120. The topological polar surface area (TPSA) is 63.1 Å². The number of hydrogen-bond donors (Lipinski definition) is 2. The quantitative estimate of drug-likeness (QED) is 0.850. The molecule has 0 atom stereocenters. The number of anilines is 1. The molecule has 0 saturated carbocycles. The van der Waals surface area contributed by atoms with Crippen LogP contribution in [-0.4, -0.2) is 23.6 Å². The third-order valence-electron chi connectivity index (χ3n) is 3.12. The zero-order valence-corrected chi connectivity index (χ0v) is 13.0. The van der Waals surface area contributed by atoms with Crippen molar-refractivity contribution in [2.45, 2.75) is 12.8 Å². The Balaban J connectivity index is 0.00000180. The fraction of sp³-hybridized carbons (Fsp3) is 0.500. The standard InChI is InChI=1S/C12H16BrN3O2.ClH/c1-16-7-9(13)6-10(12(16)18)15-11(17)8-2-4-14-5-3-8;/h6-8,14H,2-5H2,1H3,(H,15,17);1H. The molecule has 1 aliphatic rings. The van der Waals surface area contributed by atoms with Crippen molar-refractivity contribution in [1.82, 2.24) is 9.88 Å². The number of amides is 1. The highest BCUT2D eigenvalue weighted by molar-refractivity contribution is 9.10. The number of carbonyl (C=O) groups is 1. The molecule has 2 N–H and O–H groups in total. The van der Waals surface area contributed by atoms with E-state index in [4.69, 9.17) is 0 Å². The van der Waals surface area contributed by atoms with Crippen LogP contribution >= 0.6 is 28.3 Å². The minimum atomic E-state index is -0.194. The molecule has 0 unspecified atom stereocenters. The van der Waals surface area contributed by atoms with E-state index in [1.807, 2.05) is 0 Å². The van der Waals surface area contributed by atoms with Gasteiger partial charge in [0.05, 0.1) is 0 Å². The minimum Gasteiger partial charge on any atom is -0.321 e. The Morgan fingerprint density at radius 3 is 2.74 bits per heavy atom. The SMILES string of the molecule is Cl.Cn1cc(Br)cc(NC(=O)C2CCNCC2)c1=O. The fourth-order valence-corrected chi connectivity index (χ4v) is 2.62. The first kappa shape index (κ1) is 16.2. The van der Waals surface area contributed by atoms with Crippen molar-refractivity contribution >= 4 is 39.9 Å². The number of halogens is 2. The second-order valence-electron chi connectivity index (χ2n) is 4.50. The van der Waals surface area contributed by atoms with E-state index in [2.05, 4.69) is 26.6 Å². The van der Waals surface area contributed by atoms with E-state index in [0.29, 0.717) is 5.69 Å². The van der Waals surface area contributed by atoms with Crippen molar-refractivity contribution in [3.05, 3.63) is 27.1 Å². The maximum absolute atomic E-state index is 12.0. The van der Waals surface area contributed by atoms with Crippen LogP contribution in [0.4, 0.5) is 5.69 Å². The van der Waals surface area contributed by atoms with Crippen molar-refractivity contribution < 1.29 is 4.79 Å². The zero-order chi connectivity index (χ0) is 13.1. The predicted molar refractivity (Wildman–Crippen MR) is 80.9 cm³/mol. The minimum absolute atomic E-state index is 0. The number of pyridine rings is 1.